The molecule has 0 spiro atoms. The zero-order valence-corrected chi connectivity index (χ0v) is 10.5. The Morgan fingerprint density at radius 3 is 2.33 bits per heavy atom. The van der Waals surface area contributed by atoms with E-state index in [1.807, 2.05) is 42.5 Å². The summed E-state index contributed by atoms with van der Waals surface area (Å²) in [6.07, 6.45) is 0.341. The zero-order valence-electron chi connectivity index (χ0n) is 10.5. The first kappa shape index (κ1) is 12.4. The van der Waals surface area contributed by atoms with Crippen LogP contribution in [0, 0.1) is 6.92 Å². The van der Waals surface area contributed by atoms with Crippen LogP contribution >= 0.6 is 0 Å². The van der Waals surface area contributed by atoms with Crippen LogP contribution in [-0.2, 0) is 4.79 Å². The minimum absolute atomic E-state index is 0.0450. The van der Waals surface area contributed by atoms with Gasteiger partial charge in [-0.15, -0.1) is 0 Å². The molecule has 0 heterocycles. The quantitative estimate of drug-likeness (QED) is 0.875. The molecule has 0 bridgehead atoms. The Labute approximate surface area is 107 Å². The van der Waals surface area contributed by atoms with E-state index in [1.54, 1.807) is 0 Å². The number of carbonyl (C=O) groups excluding carboxylic acids is 1. The lowest BCUT2D eigenvalue weighted by Gasteiger charge is -2.16. The fourth-order valence-corrected chi connectivity index (χ4v) is 2.20. The van der Waals surface area contributed by atoms with Crippen molar-refractivity contribution in [1.29, 1.82) is 0 Å². The Morgan fingerprint density at radius 1 is 1.06 bits per heavy atom. The van der Waals surface area contributed by atoms with Crippen molar-refractivity contribution in [3.05, 3.63) is 71.3 Å². The molecule has 92 valence electrons. The monoisotopic (exact) mass is 239 g/mol. The first-order valence-electron chi connectivity index (χ1n) is 6.06. The van der Waals surface area contributed by atoms with Crippen molar-refractivity contribution in [1.82, 2.24) is 0 Å². The van der Waals surface area contributed by atoms with E-state index in [2.05, 4.69) is 19.1 Å². The highest BCUT2D eigenvalue weighted by Crippen LogP contribution is 2.28. The first-order valence-corrected chi connectivity index (χ1v) is 6.06. The molecule has 2 rings (SSSR count). The van der Waals surface area contributed by atoms with Gasteiger partial charge in [-0.2, -0.15) is 0 Å². The predicted molar refractivity (Wildman–Crippen MR) is 73.3 cm³/mol. The molecule has 0 aromatic heterocycles. The molecule has 0 saturated carbocycles. The second kappa shape index (κ2) is 5.50. The highest BCUT2D eigenvalue weighted by atomic mass is 16.1. The SMILES string of the molecule is Cc1cccc(C(CC(N)=O)c2ccccc2)c1. The van der Waals surface area contributed by atoms with Crippen LogP contribution in [0.3, 0.4) is 0 Å². The molecular weight excluding hydrogens is 222 g/mol. The third-order valence-electron chi connectivity index (χ3n) is 3.05. The molecule has 2 aromatic carbocycles. The summed E-state index contributed by atoms with van der Waals surface area (Å²) >= 11 is 0. The highest BCUT2D eigenvalue weighted by Gasteiger charge is 2.16. The molecule has 0 aliphatic heterocycles. The van der Waals surface area contributed by atoms with Gasteiger partial charge in [0.2, 0.25) is 5.91 Å². The number of hydrogen-bond donors (Lipinski definition) is 1. The molecular formula is C16H17NO. The van der Waals surface area contributed by atoms with Gasteiger partial charge >= 0.3 is 0 Å². The molecule has 2 nitrogen and oxygen atoms in total. The molecule has 0 aliphatic carbocycles. The lowest BCUT2D eigenvalue weighted by molar-refractivity contribution is -0.118. The summed E-state index contributed by atoms with van der Waals surface area (Å²) in [5, 5.41) is 0. The van der Waals surface area contributed by atoms with Gasteiger partial charge in [-0.25, -0.2) is 0 Å². The minimum Gasteiger partial charge on any atom is -0.370 e. The molecule has 1 atom stereocenters. The highest BCUT2D eigenvalue weighted by molar-refractivity contribution is 5.75. The second-order valence-corrected chi connectivity index (χ2v) is 4.55. The van der Waals surface area contributed by atoms with Gasteiger partial charge in [0, 0.05) is 12.3 Å². The average Bonchev–Trinajstić information content (AvgIpc) is 2.37. The molecule has 0 fully saturated rings. The van der Waals surface area contributed by atoms with Crippen molar-refractivity contribution in [2.24, 2.45) is 5.73 Å². The third kappa shape index (κ3) is 2.98. The van der Waals surface area contributed by atoms with Gasteiger partial charge in [0.15, 0.2) is 0 Å². The van der Waals surface area contributed by atoms with Crippen molar-refractivity contribution in [2.45, 2.75) is 19.3 Å². The number of aryl methyl sites for hydroxylation is 1. The third-order valence-corrected chi connectivity index (χ3v) is 3.05. The van der Waals surface area contributed by atoms with Gasteiger partial charge in [-0.1, -0.05) is 60.2 Å². The maximum Gasteiger partial charge on any atom is 0.218 e. The first-order chi connectivity index (χ1) is 8.66. The Balaban J connectivity index is 2.40. The summed E-state index contributed by atoms with van der Waals surface area (Å²) in [4.78, 5) is 11.3. The maximum atomic E-state index is 11.3. The van der Waals surface area contributed by atoms with Crippen molar-refractivity contribution in [3.8, 4) is 0 Å². The van der Waals surface area contributed by atoms with E-state index < -0.39 is 0 Å². The summed E-state index contributed by atoms with van der Waals surface area (Å²) in [6, 6.07) is 18.2. The average molecular weight is 239 g/mol. The van der Waals surface area contributed by atoms with E-state index in [-0.39, 0.29) is 11.8 Å². The van der Waals surface area contributed by atoms with Crippen LogP contribution in [0.2, 0.25) is 0 Å². The molecule has 2 N–H and O–H groups in total. The molecule has 2 heteroatoms. The van der Waals surface area contributed by atoms with Crippen molar-refractivity contribution in [2.75, 3.05) is 0 Å². The Kier molecular flexibility index (Phi) is 3.78. The Morgan fingerprint density at radius 2 is 1.72 bits per heavy atom. The number of benzene rings is 2. The van der Waals surface area contributed by atoms with Gasteiger partial charge in [-0.3, -0.25) is 4.79 Å². The van der Waals surface area contributed by atoms with Crippen molar-refractivity contribution >= 4 is 5.91 Å². The van der Waals surface area contributed by atoms with E-state index in [9.17, 15) is 4.79 Å². The maximum absolute atomic E-state index is 11.3. The summed E-state index contributed by atoms with van der Waals surface area (Å²) in [5.41, 5.74) is 8.83. The molecule has 0 aliphatic rings. The molecule has 18 heavy (non-hydrogen) atoms. The standard InChI is InChI=1S/C16H17NO/c1-12-6-5-9-14(10-12)15(11-16(17)18)13-7-3-2-4-8-13/h2-10,15H,11H2,1H3,(H2,17,18). The Hall–Kier alpha value is -2.09. The summed E-state index contributed by atoms with van der Waals surface area (Å²) < 4.78 is 0. The lowest BCUT2D eigenvalue weighted by Crippen LogP contribution is -2.16. The van der Waals surface area contributed by atoms with Crippen LogP contribution in [0.4, 0.5) is 0 Å². The largest absolute Gasteiger partial charge is 0.370 e. The lowest BCUT2D eigenvalue weighted by atomic mass is 9.88. The molecule has 1 amide bonds. The van der Waals surface area contributed by atoms with E-state index in [4.69, 9.17) is 5.73 Å². The minimum atomic E-state index is -0.273. The summed E-state index contributed by atoms with van der Waals surface area (Å²) in [5.74, 6) is -0.228. The van der Waals surface area contributed by atoms with Gasteiger partial charge in [0.25, 0.3) is 0 Å². The van der Waals surface area contributed by atoms with Crippen molar-refractivity contribution < 1.29 is 4.79 Å². The molecule has 0 radical (unpaired) electrons. The number of primary amides is 1. The van der Waals surface area contributed by atoms with Crippen LogP contribution < -0.4 is 5.73 Å². The van der Waals surface area contributed by atoms with Gasteiger partial charge in [0.1, 0.15) is 0 Å². The molecule has 1 unspecified atom stereocenters. The van der Waals surface area contributed by atoms with Crippen LogP contribution in [0.15, 0.2) is 54.6 Å². The Bertz CT molecular complexity index is 534. The van der Waals surface area contributed by atoms with Crippen LogP contribution in [0.5, 0.6) is 0 Å². The fourth-order valence-electron chi connectivity index (χ4n) is 2.20. The van der Waals surface area contributed by atoms with E-state index >= 15 is 0 Å². The van der Waals surface area contributed by atoms with Gasteiger partial charge in [-0.05, 0) is 18.1 Å². The van der Waals surface area contributed by atoms with E-state index in [0.717, 1.165) is 11.1 Å². The molecule has 0 saturated heterocycles. The number of rotatable bonds is 4. The van der Waals surface area contributed by atoms with Crippen LogP contribution in [0.1, 0.15) is 29.0 Å². The number of amides is 1. The number of hydrogen-bond acceptors (Lipinski definition) is 1. The topological polar surface area (TPSA) is 43.1 Å². The normalized spacial score (nSPS) is 12.1. The van der Waals surface area contributed by atoms with Crippen LogP contribution in [-0.4, -0.2) is 5.91 Å². The van der Waals surface area contributed by atoms with Crippen LogP contribution in [0.25, 0.3) is 0 Å². The van der Waals surface area contributed by atoms with Gasteiger partial charge < -0.3 is 5.73 Å². The smallest absolute Gasteiger partial charge is 0.218 e. The summed E-state index contributed by atoms with van der Waals surface area (Å²) in [6.45, 7) is 2.05. The fraction of sp³-hybridized carbons (Fsp3) is 0.188. The number of carbonyl (C=O) groups is 1. The van der Waals surface area contributed by atoms with E-state index in [0.29, 0.717) is 6.42 Å². The summed E-state index contributed by atoms with van der Waals surface area (Å²) in [7, 11) is 0. The zero-order chi connectivity index (χ0) is 13.0. The van der Waals surface area contributed by atoms with Gasteiger partial charge in [0.05, 0.1) is 0 Å². The number of nitrogens with two attached hydrogens (primary N) is 1. The molecule has 2 aromatic rings. The second-order valence-electron chi connectivity index (χ2n) is 4.55. The predicted octanol–water partition coefficient (Wildman–Crippen LogP) is 3.00. The van der Waals surface area contributed by atoms with E-state index in [1.165, 1.54) is 5.56 Å². The van der Waals surface area contributed by atoms with Crippen molar-refractivity contribution in [3.63, 3.8) is 0 Å².